The van der Waals surface area contributed by atoms with Crippen molar-refractivity contribution in [1.29, 1.82) is 0 Å². The van der Waals surface area contributed by atoms with Gasteiger partial charge in [0.1, 0.15) is 17.9 Å². The van der Waals surface area contributed by atoms with Crippen LogP contribution in [0.25, 0.3) is 11.0 Å². The maximum Gasteiger partial charge on any atom is 0.433 e. The minimum atomic E-state index is -4.70. The summed E-state index contributed by atoms with van der Waals surface area (Å²) in [6.45, 7) is 3.10. The highest BCUT2D eigenvalue weighted by Crippen LogP contribution is 2.28. The largest absolute Gasteiger partial charge is 0.433 e. The van der Waals surface area contributed by atoms with E-state index in [-0.39, 0.29) is 17.1 Å². The number of alkyl halides is 3. The van der Waals surface area contributed by atoms with E-state index in [1.54, 1.807) is 6.92 Å². The van der Waals surface area contributed by atoms with Crippen molar-refractivity contribution in [2.45, 2.75) is 39.0 Å². The van der Waals surface area contributed by atoms with Gasteiger partial charge in [-0.2, -0.15) is 13.2 Å². The number of pyridine rings is 1. The standard InChI is InChI=1S/C15H17F3N4O3/c1-4-8(2)19-11(23)7-22-13(24)9-5-6-10(15(16,17)18)20-12(9)21(3)14(22)25/h5-6,8H,4,7H2,1-3H3,(H,19,23)/t8-/m0/s1. The third kappa shape index (κ3) is 3.72. The number of halogens is 3. The van der Waals surface area contributed by atoms with Gasteiger partial charge in [-0.3, -0.25) is 18.7 Å². The van der Waals surface area contributed by atoms with Crippen LogP contribution in [0.4, 0.5) is 13.2 Å². The second-order valence-corrected chi connectivity index (χ2v) is 5.68. The number of rotatable bonds is 4. The van der Waals surface area contributed by atoms with Crippen molar-refractivity contribution in [2.24, 2.45) is 7.05 Å². The highest BCUT2D eigenvalue weighted by atomic mass is 19.4. The number of fused-ring (bicyclic) bond motifs is 1. The topological polar surface area (TPSA) is 86.0 Å². The highest BCUT2D eigenvalue weighted by molar-refractivity contribution is 5.77. The van der Waals surface area contributed by atoms with Crippen LogP contribution < -0.4 is 16.6 Å². The Balaban J connectivity index is 2.56. The van der Waals surface area contributed by atoms with E-state index in [1.807, 2.05) is 6.92 Å². The first-order chi connectivity index (χ1) is 11.6. The number of hydrogen-bond donors (Lipinski definition) is 1. The van der Waals surface area contributed by atoms with Gasteiger partial charge in [0.15, 0.2) is 0 Å². The van der Waals surface area contributed by atoms with Crippen molar-refractivity contribution in [1.82, 2.24) is 19.4 Å². The third-order valence-electron chi connectivity index (χ3n) is 3.80. The fraction of sp³-hybridized carbons (Fsp3) is 0.467. The zero-order chi connectivity index (χ0) is 18.9. The zero-order valence-electron chi connectivity index (χ0n) is 13.8. The molecule has 10 heteroatoms. The summed E-state index contributed by atoms with van der Waals surface area (Å²) in [4.78, 5) is 40.0. The Morgan fingerprint density at radius 1 is 1.32 bits per heavy atom. The van der Waals surface area contributed by atoms with E-state index in [4.69, 9.17) is 0 Å². The molecule has 0 aliphatic rings. The Labute approximate surface area is 140 Å². The molecule has 2 aromatic heterocycles. The van der Waals surface area contributed by atoms with Gasteiger partial charge < -0.3 is 5.32 Å². The molecule has 2 aromatic rings. The second-order valence-electron chi connectivity index (χ2n) is 5.68. The molecule has 7 nitrogen and oxygen atoms in total. The monoisotopic (exact) mass is 358 g/mol. The molecule has 1 N–H and O–H groups in total. The summed E-state index contributed by atoms with van der Waals surface area (Å²) >= 11 is 0. The Morgan fingerprint density at radius 2 is 1.96 bits per heavy atom. The Bertz CT molecular complexity index is 930. The van der Waals surface area contributed by atoms with Crippen LogP contribution in [-0.2, 0) is 24.6 Å². The van der Waals surface area contributed by atoms with E-state index >= 15 is 0 Å². The Hall–Kier alpha value is -2.65. The van der Waals surface area contributed by atoms with Crippen molar-refractivity contribution >= 4 is 16.9 Å². The Morgan fingerprint density at radius 3 is 2.52 bits per heavy atom. The number of amides is 1. The van der Waals surface area contributed by atoms with E-state index in [0.717, 1.165) is 10.6 Å². The molecule has 25 heavy (non-hydrogen) atoms. The lowest BCUT2D eigenvalue weighted by Crippen LogP contribution is -2.44. The van der Waals surface area contributed by atoms with E-state index in [2.05, 4.69) is 10.3 Å². The lowest BCUT2D eigenvalue weighted by Gasteiger charge is -2.14. The van der Waals surface area contributed by atoms with E-state index in [0.29, 0.717) is 17.1 Å². The van der Waals surface area contributed by atoms with Gasteiger partial charge in [-0.1, -0.05) is 6.92 Å². The number of nitrogens with one attached hydrogen (secondary N) is 1. The number of aromatic nitrogens is 3. The van der Waals surface area contributed by atoms with E-state index < -0.39 is 35.6 Å². The SMILES string of the molecule is CC[C@H](C)NC(=O)Cn1c(=O)c2ccc(C(F)(F)F)nc2n(C)c1=O. The first-order valence-electron chi connectivity index (χ1n) is 7.53. The maximum atomic E-state index is 12.8. The van der Waals surface area contributed by atoms with Gasteiger partial charge in [0.25, 0.3) is 5.56 Å². The second kappa shape index (κ2) is 6.69. The molecule has 0 aliphatic heterocycles. The van der Waals surface area contributed by atoms with Crippen LogP contribution >= 0.6 is 0 Å². The van der Waals surface area contributed by atoms with Crippen LogP contribution in [0.15, 0.2) is 21.7 Å². The molecular formula is C15H17F3N4O3. The molecular weight excluding hydrogens is 341 g/mol. The van der Waals surface area contributed by atoms with Crippen molar-refractivity contribution in [3.05, 3.63) is 38.7 Å². The molecule has 1 amide bonds. The van der Waals surface area contributed by atoms with Crippen LogP contribution in [0.5, 0.6) is 0 Å². The van der Waals surface area contributed by atoms with Crippen molar-refractivity contribution < 1.29 is 18.0 Å². The van der Waals surface area contributed by atoms with Gasteiger partial charge in [0.2, 0.25) is 5.91 Å². The predicted molar refractivity (Wildman–Crippen MR) is 84.1 cm³/mol. The van der Waals surface area contributed by atoms with Crippen LogP contribution in [-0.4, -0.2) is 26.1 Å². The molecule has 0 unspecified atom stereocenters. The van der Waals surface area contributed by atoms with Crippen LogP contribution in [0.3, 0.4) is 0 Å². The Kier molecular flexibility index (Phi) is 5.00. The van der Waals surface area contributed by atoms with Crippen molar-refractivity contribution in [3.8, 4) is 0 Å². The summed E-state index contributed by atoms with van der Waals surface area (Å²) in [5.41, 5.74) is -3.37. The molecule has 136 valence electrons. The van der Waals surface area contributed by atoms with E-state index in [1.165, 1.54) is 7.05 Å². The van der Waals surface area contributed by atoms with Crippen molar-refractivity contribution in [2.75, 3.05) is 0 Å². The quantitative estimate of drug-likeness (QED) is 0.885. The summed E-state index contributed by atoms with van der Waals surface area (Å²) in [6, 6.07) is 1.48. The number of carbonyl (C=O) groups is 1. The summed E-state index contributed by atoms with van der Waals surface area (Å²) < 4.78 is 39.8. The van der Waals surface area contributed by atoms with Gasteiger partial charge in [0.05, 0.1) is 5.39 Å². The number of aryl methyl sites for hydroxylation is 1. The molecule has 2 rings (SSSR count). The molecule has 0 fully saturated rings. The third-order valence-corrected chi connectivity index (χ3v) is 3.80. The molecule has 0 saturated carbocycles. The summed E-state index contributed by atoms with van der Waals surface area (Å²) in [5, 5.41) is 2.44. The fourth-order valence-corrected chi connectivity index (χ4v) is 2.24. The summed E-state index contributed by atoms with van der Waals surface area (Å²) in [7, 11) is 1.19. The number of hydrogen-bond acceptors (Lipinski definition) is 4. The van der Waals surface area contributed by atoms with Gasteiger partial charge >= 0.3 is 11.9 Å². The van der Waals surface area contributed by atoms with Crippen LogP contribution in [0.1, 0.15) is 26.0 Å². The average molecular weight is 358 g/mol. The molecule has 0 aromatic carbocycles. The lowest BCUT2D eigenvalue weighted by molar-refractivity contribution is -0.141. The highest BCUT2D eigenvalue weighted by Gasteiger charge is 2.33. The molecule has 0 saturated heterocycles. The molecule has 2 heterocycles. The first kappa shape index (κ1) is 18.7. The van der Waals surface area contributed by atoms with Crippen LogP contribution in [0.2, 0.25) is 0 Å². The average Bonchev–Trinajstić information content (AvgIpc) is 2.55. The maximum absolute atomic E-state index is 12.8. The molecule has 1 atom stereocenters. The lowest BCUT2D eigenvalue weighted by atomic mass is 10.2. The minimum absolute atomic E-state index is 0.136. The van der Waals surface area contributed by atoms with Gasteiger partial charge in [-0.15, -0.1) is 0 Å². The number of carbonyl (C=O) groups excluding carboxylic acids is 1. The molecule has 0 spiro atoms. The van der Waals surface area contributed by atoms with Gasteiger partial charge in [-0.25, -0.2) is 9.78 Å². The van der Waals surface area contributed by atoms with Crippen LogP contribution in [0, 0.1) is 0 Å². The smallest absolute Gasteiger partial charge is 0.352 e. The summed E-state index contributed by atoms with van der Waals surface area (Å²) in [6.07, 6.45) is -4.03. The normalized spacial score (nSPS) is 13.0. The summed E-state index contributed by atoms with van der Waals surface area (Å²) in [5.74, 6) is -0.534. The fourth-order valence-electron chi connectivity index (χ4n) is 2.24. The van der Waals surface area contributed by atoms with Gasteiger partial charge in [0, 0.05) is 13.1 Å². The minimum Gasteiger partial charge on any atom is -0.352 e. The molecule has 0 radical (unpaired) electrons. The van der Waals surface area contributed by atoms with Gasteiger partial charge in [-0.05, 0) is 25.5 Å². The number of nitrogens with zero attached hydrogens (tertiary/aromatic N) is 3. The predicted octanol–water partition coefficient (Wildman–Crippen LogP) is 1.03. The molecule has 0 bridgehead atoms. The first-order valence-corrected chi connectivity index (χ1v) is 7.53. The van der Waals surface area contributed by atoms with Crippen molar-refractivity contribution in [3.63, 3.8) is 0 Å². The van der Waals surface area contributed by atoms with E-state index in [9.17, 15) is 27.6 Å². The zero-order valence-corrected chi connectivity index (χ0v) is 13.8. The molecule has 0 aliphatic carbocycles.